The molecule has 0 atom stereocenters. The molecule has 1 aliphatic rings. The van der Waals surface area contributed by atoms with E-state index in [9.17, 15) is 4.79 Å². The van der Waals surface area contributed by atoms with Gasteiger partial charge in [-0.05, 0) is 30.7 Å². The molecule has 3 rings (SSSR count). The van der Waals surface area contributed by atoms with Gasteiger partial charge in [0.05, 0.1) is 23.4 Å². The Hall–Kier alpha value is -2.20. The number of benzene rings is 2. The molecule has 106 valence electrons. The summed E-state index contributed by atoms with van der Waals surface area (Å²) in [7, 11) is 1.64. The number of allylic oxidation sites excluding steroid dienone is 1. The van der Waals surface area contributed by atoms with Gasteiger partial charge in [-0.2, -0.15) is 0 Å². The zero-order chi connectivity index (χ0) is 14.8. The third-order valence-electron chi connectivity index (χ3n) is 3.27. The third-order valence-corrected chi connectivity index (χ3v) is 4.52. The van der Waals surface area contributed by atoms with Gasteiger partial charge >= 0.3 is 0 Å². The molecule has 2 aromatic rings. The molecular weight excluding hydrogens is 282 g/mol. The van der Waals surface area contributed by atoms with Crippen LogP contribution in [0.2, 0.25) is 0 Å². The lowest BCUT2D eigenvalue weighted by atomic mass is 10.1. The first kappa shape index (κ1) is 13.8. The van der Waals surface area contributed by atoms with E-state index in [0.29, 0.717) is 0 Å². The lowest BCUT2D eigenvalue weighted by molar-refractivity contribution is -0.112. The molecule has 0 saturated carbocycles. The number of rotatable bonds is 3. The molecular formula is C17H15NO2S. The van der Waals surface area contributed by atoms with Crippen molar-refractivity contribution in [2.75, 3.05) is 12.4 Å². The van der Waals surface area contributed by atoms with Crippen molar-refractivity contribution in [1.29, 1.82) is 0 Å². The van der Waals surface area contributed by atoms with Gasteiger partial charge in [0.2, 0.25) is 0 Å². The Bertz CT molecular complexity index is 723. The molecule has 3 nitrogen and oxygen atoms in total. The van der Waals surface area contributed by atoms with Crippen LogP contribution in [0.5, 0.6) is 5.75 Å². The van der Waals surface area contributed by atoms with E-state index < -0.39 is 0 Å². The number of carbonyl (C=O) groups excluding carboxylic acids is 1. The van der Waals surface area contributed by atoms with Gasteiger partial charge < -0.3 is 10.1 Å². The third kappa shape index (κ3) is 2.67. The average Bonchev–Trinajstić information content (AvgIpc) is 2.53. The van der Waals surface area contributed by atoms with Crippen LogP contribution in [0.4, 0.5) is 5.69 Å². The molecule has 0 amide bonds. The van der Waals surface area contributed by atoms with Crippen molar-refractivity contribution in [3.63, 3.8) is 0 Å². The topological polar surface area (TPSA) is 38.3 Å². The summed E-state index contributed by atoms with van der Waals surface area (Å²) in [5.74, 6) is 0.842. The van der Waals surface area contributed by atoms with Gasteiger partial charge in [0, 0.05) is 4.90 Å². The van der Waals surface area contributed by atoms with Crippen molar-refractivity contribution >= 4 is 28.9 Å². The number of thioether (sulfide) groups is 1. The van der Waals surface area contributed by atoms with Crippen LogP contribution < -0.4 is 10.1 Å². The Kier molecular flexibility index (Phi) is 3.71. The van der Waals surface area contributed by atoms with Crippen molar-refractivity contribution in [3.05, 3.63) is 59.0 Å². The van der Waals surface area contributed by atoms with Crippen LogP contribution in [0.1, 0.15) is 12.5 Å². The summed E-state index contributed by atoms with van der Waals surface area (Å²) < 4.78 is 5.25. The van der Waals surface area contributed by atoms with Crippen molar-refractivity contribution in [2.45, 2.75) is 11.8 Å². The van der Waals surface area contributed by atoms with Crippen molar-refractivity contribution in [2.24, 2.45) is 0 Å². The smallest absolute Gasteiger partial charge is 0.168 e. The summed E-state index contributed by atoms with van der Waals surface area (Å²) >= 11 is 1.49. The van der Waals surface area contributed by atoms with Gasteiger partial charge in [-0.1, -0.05) is 42.1 Å². The normalized spacial score (nSPS) is 13.4. The van der Waals surface area contributed by atoms with Gasteiger partial charge in [0.15, 0.2) is 5.78 Å². The number of nitrogens with one attached hydrogen (secondary N) is 1. The van der Waals surface area contributed by atoms with Gasteiger partial charge in [0.25, 0.3) is 0 Å². The zero-order valence-electron chi connectivity index (χ0n) is 11.8. The Morgan fingerprint density at radius 3 is 2.57 bits per heavy atom. The first-order valence-electron chi connectivity index (χ1n) is 6.62. The number of carbonyl (C=O) groups is 1. The maximum absolute atomic E-state index is 12.0. The van der Waals surface area contributed by atoms with Crippen LogP contribution in [0.15, 0.2) is 58.3 Å². The summed E-state index contributed by atoms with van der Waals surface area (Å²) in [5, 5.41) is 3.38. The van der Waals surface area contributed by atoms with Crippen LogP contribution in [0, 0.1) is 0 Å². The minimum absolute atomic E-state index is 0.0554. The fourth-order valence-corrected chi connectivity index (χ4v) is 3.26. The van der Waals surface area contributed by atoms with Crippen LogP contribution >= 0.6 is 11.8 Å². The Morgan fingerprint density at radius 1 is 1.14 bits per heavy atom. The summed E-state index contributed by atoms with van der Waals surface area (Å²) in [5.41, 5.74) is 2.87. The molecule has 0 unspecified atom stereocenters. The molecule has 2 aromatic carbocycles. The predicted molar refractivity (Wildman–Crippen MR) is 86.5 cm³/mol. The highest BCUT2D eigenvalue weighted by Gasteiger charge is 2.22. The average molecular weight is 297 g/mol. The lowest BCUT2D eigenvalue weighted by Crippen LogP contribution is -2.11. The minimum Gasteiger partial charge on any atom is -0.497 e. The van der Waals surface area contributed by atoms with E-state index in [0.717, 1.165) is 32.5 Å². The predicted octanol–water partition coefficient (Wildman–Crippen LogP) is 4.17. The SMILES string of the molecule is COc1ccc2c(c1)SC(C(C)=O)=C(c1ccccc1)N2. The van der Waals surface area contributed by atoms with E-state index in [1.54, 1.807) is 14.0 Å². The van der Waals surface area contributed by atoms with Crippen molar-refractivity contribution in [3.8, 4) is 5.75 Å². The molecule has 0 saturated heterocycles. The van der Waals surface area contributed by atoms with E-state index in [4.69, 9.17) is 4.74 Å². The number of methoxy groups -OCH3 is 1. The fraction of sp³-hybridized carbons (Fsp3) is 0.118. The molecule has 0 aliphatic carbocycles. The zero-order valence-corrected chi connectivity index (χ0v) is 12.7. The highest BCUT2D eigenvalue weighted by molar-refractivity contribution is 8.04. The highest BCUT2D eigenvalue weighted by atomic mass is 32.2. The first-order chi connectivity index (χ1) is 10.2. The Morgan fingerprint density at radius 2 is 1.90 bits per heavy atom. The molecule has 0 radical (unpaired) electrons. The first-order valence-corrected chi connectivity index (χ1v) is 7.44. The number of hydrogen-bond acceptors (Lipinski definition) is 4. The minimum atomic E-state index is 0.0554. The van der Waals surface area contributed by atoms with E-state index in [-0.39, 0.29) is 5.78 Å². The molecule has 4 heteroatoms. The van der Waals surface area contributed by atoms with Gasteiger partial charge in [-0.25, -0.2) is 0 Å². The number of ether oxygens (including phenoxy) is 1. The monoisotopic (exact) mass is 297 g/mol. The quantitative estimate of drug-likeness (QED) is 0.922. The van der Waals surface area contributed by atoms with Crippen LogP contribution in [-0.4, -0.2) is 12.9 Å². The molecule has 0 aromatic heterocycles. The maximum Gasteiger partial charge on any atom is 0.168 e. The second kappa shape index (κ2) is 5.66. The number of anilines is 1. The summed E-state index contributed by atoms with van der Waals surface area (Å²) in [6.07, 6.45) is 0. The molecule has 1 aliphatic heterocycles. The van der Waals surface area contributed by atoms with Gasteiger partial charge in [-0.15, -0.1) is 0 Å². The van der Waals surface area contributed by atoms with Crippen molar-refractivity contribution < 1.29 is 9.53 Å². The summed E-state index contributed by atoms with van der Waals surface area (Å²) in [6.45, 7) is 1.60. The van der Waals surface area contributed by atoms with E-state index >= 15 is 0 Å². The fourth-order valence-electron chi connectivity index (χ4n) is 2.23. The number of fused-ring (bicyclic) bond motifs is 1. The molecule has 0 fully saturated rings. The summed E-state index contributed by atoms with van der Waals surface area (Å²) in [4.78, 5) is 13.7. The molecule has 1 N–H and O–H groups in total. The van der Waals surface area contributed by atoms with E-state index in [1.165, 1.54) is 11.8 Å². The summed E-state index contributed by atoms with van der Waals surface area (Å²) in [6, 6.07) is 15.7. The second-order valence-electron chi connectivity index (χ2n) is 4.72. The molecule has 0 spiro atoms. The van der Waals surface area contributed by atoms with Gasteiger partial charge in [-0.3, -0.25) is 4.79 Å². The second-order valence-corrected chi connectivity index (χ2v) is 5.77. The van der Waals surface area contributed by atoms with E-state index in [1.807, 2.05) is 48.5 Å². The Labute approximate surface area is 128 Å². The molecule has 21 heavy (non-hydrogen) atoms. The number of ketones is 1. The largest absolute Gasteiger partial charge is 0.497 e. The standard InChI is InChI=1S/C17H15NO2S/c1-11(19)17-16(12-6-4-3-5-7-12)18-14-9-8-13(20-2)10-15(14)21-17/h3-10,18H,1-2H3. The number of hydrogen-bond donors (Lipinski definition) is 1. The van der Waals surface area contributed by atoms with E-state index in [2.05, 4.69) is 5.32 Å². The Balaban J connectivity index is 2.08. The lowest BCUT2D eigenvalue weighted by Gasteiger charge is -2.23. The van der Waals surface area contributed by atoms with Crippen LogP contribution in [-0.2, 0) is 4.79 Å². The van der Waals surface area contributed by atoms with Crippen LogP contribution in [0.3, 0.4) is 0 Å². The maximum atomic E-state index is 12.0. The van der Waals surface area contributed by atoms with Gasteiger partial charge in [0.1, 0.15) is 5.75 Å². The highest BCUT2D eigenvalue weighted by Crippen LogP contribution is 2.44. The molecule has 1 heterocycles. The molecule has 0 bridgehead atoms. The number of Topliss-reactive ketones (excluding diaryl/α,β-unsaturated/α-hetero) is 1. The van der Waals surface area contributed by atoms with Crippen LogP contribution in [0.25, 0.3) is 5.70 Å². The van der Waals surface area contributed by atoms with Crippen molar-refractivity contribution in [1.82, 2.24) is 0 Å².